The SMILES string of the molecule is COCCCN1CC(C)(C)Oc2ccc(CO[C@@H]3CC[C@@H](C[C@H](C)NC(=O)C4CCOCC4)NC3)cc21. The quantitative estimate of drug-likeness (QED) is 0.434. The lowest BCUT2D eigenvalue weighted by molar-refractivity contribution is -0.128. The van der Waals surface area contributed by atoms with Crippen molar-refractivity contribution in [3.05, 3.63) is 23.8 Å². The van der Waals surface area contributed by atoms with Crippen LogP contribution in [0.25, 0.3) is 0 Å². The van der Waals surface area contributed by atoms with Crippen molar-refractivity contribution in [3.8, 4) is 5.75 Å². The molecule has 0 radical (unpaired) electrons. The van der Waals surface area contributed by atoms with E-state index in [1.54, 1.807) is 7.11 Å². The number of nitrogens with one attached hydrogen (secondary N) is 2. The number of ether oxygens (including phenoxy) is 4. The molecule has 1 aromatic carbocycles. The summed E-state index contributed by atoms with van der Waals surface area (Å²) in [5.41, 5.74) is 2.11. The van der Waals surface area contributed by atoms with Crippen LogP contribution in [0.5, 0.6) is 5.75 Å². The molecule has 208 valence electrons. The van der Waals surface area contributed by atoms with E-state index in [2.05, 4.69) is 54.5 Å². The number of anilines is 1. The van der Waals surface area contributed by atoms with Gasteiger partial charge in [0.25, 0.3) is 0 Å². The summed E-state index contributed by atoms with van der Waals surface area (Å²) in [5, 5.41) is 6.86. The van der Waals surface area contributed by atoms with Crippen LogP contribution in [0.15, 0.2) is 18.2 Å². The predicted molar refractivity (Wildman–Crippen MR) is 145 cm³/mol. The summed E-state index contributed by atoms with van der Waals surface area (Å²) in [6, 6.07) is 7.01. The number of fused-ring (bicyclic) bond motifs is 1. The van der Waals surface area contributed by atoms with Crippen molar-refractivity contribution in [3.63, 3.8) is 0 Å². The van der Waals surface area contributed by atoms with Gasteiger partial charge in [0, 0.05) is 58.0 Å². The highest BCUT2D eigenvalue weighted by Crippen LogP contribution is 2.38. The van der Waals surface area contributed by atoms with E-state index in [0.717, 1.165) is 76.2 Å². The molecule has 1 amide bonds. The molecule has 8 nitrogen and oxygen atoms in total. The van der Waals surface area contributed by atoms with Crippen LogP contribution >= 0.6 is 0 Å². The number of carbonyl (C=O) groups is 1. The molecule has 2 saturated heterocycles. The highest BCUT2D eigenvalue weighted by atomic mass is 16.5. The molecule has 0 aromatic heterocycles. The fraction of sp³-hybridized carbons (Fsp3) is 0.759. The van der Waals surface area contributed by atoms with Gasteiger partial charge < -0.3 is 34.5 Å². The van der Waals surface area contributed by atoms with Gasteiger partial charge in [0.05, 0.1) is 24.9 Å². The van der Waals surface area contributed by atoms with Crippen LogP contribution in [0.2, 0.25) is 0 Å². The fourth-order valence-corrected chi connectivity index (χ4v) is 5.71. The average molecular weight is 518 g/mol. The van der Waals surface area contributed by atoms with E-state index in [1.807, 2.05) is 0 Å². The zero-order chi connectivity index (χ0) is 26.3. The van der Waals surface area contributed by atoms with Crippen molar-refractivity contribution in [1.29, 1.82) is 0 Å². The number of amides is 1. The molecule has 0 bridgehead atoms. The zero-order valence-electron chi connectivity index (χ0n) is 23.2. The molecule has 8 heteroatoms. The number of nitrogens with zero attached hydrogens (tertiary/aromatic N) is 1. The third-order valence-corrected chi connectivity index (χ3v) is 7.67. The van der Waals surface area contributed by atoms with Gasteiger partial charge in [0.1, 0.15) is 11.4 Å². The van der Waals surface area contributed by atoms with Crippen molar-refractivity contribution >= 4 is 11.6 Å². The number of methoxy groups -OCH3 is 1. The molecule has 1 aromatic rings. The number of carbonyl (C=O) groups excluding carboxylic acids is 1. The first-order valence-electron chi connectivity index (χ1n) is 14.1. The van der Waals surface area contributed by atoms with E-state index in [-0.39, 0.29) is 29.6 Å². The molecule has 2 fully saturated rings. The van der Waals surface area contributed by atoms with Crippen LogP contribution < -0.4 is 20.3 Å². The van der Waals surface area contributed by atoms with Gasteiger partial charge in [-0.15, -0.1) is 0 Å². The van der Waals surface area contributed by atoms with Crippen molar-refractivity contribution in [2.24, 2.45) is 5.92 Å². The van der Waals surface area contributed by atoms with Crippen molar-refractivity contribution in [1.82, 2.24) is 10.6 Å². The minimum Gasteiger partial charge on any atom is -0.484 e. The summed E-state index contributed by atoms with van der Waals surface area (Å²) in [4.78, 5) is 14.9. The predicted octanol–water partition coefficient (Wildman–Crippen LogP) is 3.66. The number of piperidine rings is 1. The number of hydrogen-bond acceptors (Lipinski definition) is 7. The molecule has 0 spiro atoms. The summed E-state index contributed by atoms with van der Waals surface area (Å²) in [5.74, 6) is 1.23. The van der Waals surface area contributed by atoms with E-state index in [0.29, 0.717) is 25.9 Å². The van der Waals surface area contributed by atoms with Crippen LogP contribution in [0.3, 0.4) is 0 Å². The van der Waals surface area contributed by atoms with Crippen LogP contribution in [-0.4, -0.2) is 76.3 Å². The summed E-state index contributed by atoms with van der Waals surface area (Å²) < 4.78 is 23.2. The second-order valence-corrected chi connectivity index (χ2v) is 11.6. The standard InChI is InChI=1S/C29H47N3O5/c1-21(31-28(33)23-10-14-35-15-11-23)16-24-7-8-25(18-30-24)36-19-22-6-9-27-26(17-22)32(12-5-13-34-4)20-29(2,3)37-27/h6,9,17,21,23-25,30H,5,7-8,10-16,18-20H2,1-4H3,(H,31,33)/t21-,24-,25+/m0/s1. The van der Waals surface area contributed by atoms with Crippen LogP contribution in [-0.2, 0) is 25.6 Å². The second-order valence-electron chi connectivity index (χ2n) is 11.6. The number of rotatable bonds is 11. The van der Waals surface area contributed by atoms with Crippen molar-refractivity contribution in [2.75, 3.05) is 51.5 Å². The molecule has 3 heterocycles. The first-order valence-corrected chi connectivity index (χ1v) is 14.1. The first-order chi connectivity index (χ1) is 17.8. The third-order valence-electron chi connectivity index (χ3n) is 7.67. The average Bonchev–Trinajstić information content (AvgIpc) is 2.88. The minimum atomic E-state index is -0.215. The normalized spacial score (nSPS) is 24.7. The maximum absolute atomic E-state index is 12.5. The summed E-state index contributed by atoms with van der Waals surface area (Å²) in [7, 11) is 1.75. The van der Waals surface area contributed by atoms with E-state index < -0.39 is 0 Å². The minimum absolute atomic E-state index is 0.104. The van der Waals surface area contributed by atoms with Gasteiger partial charge in [0.2, 0.25) is 5.91 Å². The van der Waals surface area contributed by atoms with Crippen molar-refractivity contribution < 1.29 is 23.7 Å². The molecule has 0 unspecified atom stereocenters. The Balaban J connectivity index is 1.21. The molecule has 3 aliphatic rings. The third kappa shape index (κ3) is 8.31. The maximum Gasteiger partial charge on any atom is 0.223 e. The summed E-state index contributed by atoms with van der Waals surface area (Å²) >= 11 is 0. The molecular weight excluding hydrogens is 470 g/mol. The van der Waals surface area contributed by atoms with Crippen LogP contribution in [0.4, 0.5) is 5.69 Å². The summed E-state index contributed by atoms with van der Waals surface area (Å²) in [6.45, 7) is 11.8. The number of benzene rings is 1. The maximum atomic E-state index is 12.5. The Bertz CT molecular complexity index is 865. The molecular formula is C29H47N3O5. The molecule has 3 aliphatic heterocycles. The van der Waals surface area contributed by atoms with Crippen LogP contribution in [0, 0.1) is 5.92 Å². The lowest BCUT2D eigenvalue weighted by Crippen LogP contribution is -2.47. The van der Waals surface area contributed by atoms with E-state index in [4.69, 9.17) is 18.9 Å². The molecule has 2 N–H and O–H groups in total. The Morgan fingerprint density at radius 1 is 1.24 bits per heavy atom. The van der Waals surface area contributed by atoms with E-state index in [1.165, 1.54) is 5.56 Å². The highest BCUT2D eigenvalue weighted by Gasteiger charge is 2.32. The topological polar surface area (TPSA) is 81.3 Å². The Labute approximate surface area is 222 Å². The van der Waals surface area contributed by atoms with Gasteiger partial charge in [-0.05, 0) is 77.0 Å². The van der Waals surface area contributed by atoms with Gasteiger partial charge in [-0.2, -0.15) is 0 Å². The smallest absolute Gasteiger partial charge is 0.223 e. The lowest BCUT2D eigenvalue weighted by Gasteiger charge is -2.41. The molecule has 3 atom stereocenters. The highest BCUT2D eigenvalue weighted by molar-refractivity contribution is 5.79. The van der Waals surface area contributed by atoms with Crippen LogP contribution in [0.1, 0.15) is 64.9 Å². The Morgan fingerprint density at radius 3 is 2.78 bits per heavy atom. The second kappa shape index (κ2) is 13.3. The molecule has 0 saturated carbocycles. The molecule has 0 aliphatic carbocycles. The van der Waals surface area contributed by atoms with Gasteiger partial charge in [-0.25, -0.2) is 0 Å². The Kier molecular flexibility index (Phi) is 10.1. The van der Waals surface area contributed by atoms with Gasteiger partial charge in [-0.1, -0.05) is 6.07 Å². The zero-order valence-corrected chi connectivity index (χ0v) is 23.2. The lowest BCUT2D eigenvalue weighted by atomic mass is 9.95. The van der Waals surface area contributed by atoms with Gasteiger partial charge in [-0.3, -0.25) is 4.79 Å². The van der Waals surface area contributed by atoms with E-state index >= 15 is 0 Å². The summed E-state index contributed by atoms with van der Waals surface area (Å²) in [6.07, 6.45) is 5.89. The molecule has 37 heavy (non-hydrogen) atoms. The van der Waals surface area contributed by atoms with Crippen molar-refractivity contribution in [2.45, 2.75) is 89.7 Å². The van der Waals surface area contributed by atoms with Gasteiger partial charge >= 0.3 is 0 Å². The van der Waals surface area contributed by atoms with E-state index in [9.17, 15) is 4.79 Å². The van der Waals surface area contributed by atoms with Gasteiger partial charge in [0.15, 0.2) is 0 Å². The monoisotopic (exact) mass is 517 g/mol. The largest absolute Gasteiger partial charge is 0.484 e. The Hall–Kier alpha value is -1.87. The Morgan fingerprint density at radius 2 is 2.05 bits per heavy atom. The first kappa shape index (κ1) is 28.1. The fourth-order valence-electron chi connectivity index (χ4n) is 5.71. The number of hydrogen-bond donors (Lipinski definition) is 2. The molecule has 4 rings (SSSR count).